The molecule has 0 bridgehead atoms. The number of carbonyl (C=O) groups is 2. The average molecular weight is 309 g/mol. The highest BCUT2D eigenvalue weighted by atomic mass is 32.1. The molecule has 1 N–H and O–H groups in total. The maximum absolute atomic E-state index is 12.6. The summed E-state index contributed by atoms with van der Waals surface area (Å²) in [6, 6.07) is 3.18. The van der Waals surface area contributed by atoms with Crippen molar-refractivity contribution in [2.75, 3.05) is 6.54 Å². The van der Waals surface area contributed by atoms with Gasteiger partial charge in [-0.3, -0.25) is 4.79 Å². The maximum atomic E-state index is 12.6. The molecule has 0 spiro atoms. The Hall–Kier alpha value is -1.40. The number of piperidine rings is 1. The molecule has 0 radical (unpaired) electrons. The van der Waals surface area contributed by atoms with Gasteiger partial charge in [-0.05, 0) is 36.3 Å². The predicted molar refractivity (Wildman–Crippen MR) is 80.6 cm³/mol. The first-order chi connectivity index (χ1) is 9.58. The highest BCUT2D eigenvalue weighted by Gasteiger charge is 2.37. The molecule has 4 nitrogen and oxygen atoms in total. The van der Waals surface area contributed by atoms with Crippen LogP contribution in [0, 0.1) is 5.92 Å². The number of fused-ring (bicyclic) bond motifs is 1. The monoisotopic (exact) mass is 309 g/mol. The zero-order valence-corrected chi connectivity index (χ0v) is 12.7. The van der Waals surface area contributed by atoms with Crippen LogP contribution in [0.3, 0.4) is 0 Å². The van der Waals surface area contributed by atoms with Crippen LogP contribution >= 0.6 is 22.7 Å². The zero-order valence-electron chi connectivity index (χ0n) is 11.0. The second-order valence-corrected chi connectivity index (χ2v) is 7.19. The summed E-state index contributed by atoms with van der Waals surface area (Å²) in [6.45, 7) is 2.44. The molecule has 3 rings (SSSR count). The predicted octanol–water partition coefficient (Wildman–Crippen LogP) is 3.29. The molecule has 20 heavy (non-hydrogen) atoms. The molecule has 1 aliphatic rings. The van der Waals surface area contributed by atoms with Crippen LogP contribution in [0.1, 0.15) is 29.4 Å². The summed E-state index contributed by atoms with van der Waals surface area (Å²) in [6.07, 6.45) is 1.73. The summed E-state index contributed by atoms with van der Waals surface area (Å²) in [5.41, 5.74) is 0. The van der Waals surface area contributed by atoms with E-state index in [0.29, 0.717) is 11.4 Å². The molecule has 0 aliphatic carbocycles. The van der Waals surface area contributed by atoms with Gasteiger partial charge in [-0.15, -0.1) is 22.7 Å². The third-order valence-electron chi connectivity index (χ3n) is 3.80. The number of rotatable bonds is 2. The molecule has 1 aliphatic heterocycles. The number of carbonyl (C=O) groups excluding carboxylic acids is 1. The Morgan fingerprint density at radius 1 is 1.40 bits per heavy atom. The molecular formula is C14H15NO3S2. The molecule has 6 heteroatoms. The Kier molecular flexibility index (Phi) is 3.52. The van der Waals surface area contributed by atoms with Gasteiger partial charge in [0.15, 0.2) is 0 Å². The second-order valence-electron chi connectivity index (χ2n) is 5.16. The lowest BCUT2D eigenvalue weighted by Crippen LogP contribution is -2.51. The Morgan fingerprint density at radius 2 is 2.20 bits per heavy atom. The second kappa shape index (κ2) is 5.18. The Balaban J connectivity index is 1.91. The molecule has 1 saturated heterocycles. The first kappa shape index (κ1) is 13.6. The van der Waals surface area contributed by atoms with Crippen LogP contribution in [0.5, 0.6) is 0 Å². The lowest BCUT2D eigenvalue weighted by molar-refractivity contribution is -0.145. The largest absolute Gasteiger partial charge is 0.480 e. The van der Waals surface area contributed by atoms with E-state index in [9.17, 15) is 14.7 Å². The number of hydrogen-bond acceptors (Lipinski definition) is 4. The summed E-state index contributed by atoms with van der Waals surface area (Å²) < 4.78 is 2.19. The molecule has 2 aromatic rings. The number of thiophene rings is 2. The highest BCUT2D eigenvalue weighted by Crippen LogP contribution is 2.32. The first-order valence-corrected chi connectivity index (χ1v) is 8.28. The van der Waals surface area contributed by atoms with Gasteiger partial charge in [-0.25, -0.2) is 4.79 Å². The number of likely N-dealkylation sites (tertiary alicyclic amines) is 1. The Bertz CT molecular complexity index is 632. The van der Waals surface area contributed by atoms with Crippen molar-refractivity contribution in [3.63, 3.8) is 0 Å². The minimum Gasteiger partial charge on any atom is -0.480 e. The molecule has 2 unspecified atom stereocenters. The molecule has 3 heterocycles. The zero-order chi connectivity index (χ0) is 14.3. The maximum Gasteiger partial charge on any atom is 0.326 e. The van der Waals surface area contributed by atoms with Gasteiger partial charge in [0, 0.05) is 15.9 Å². The van der Waals surface area contributed by atoms with E-state index in [0.717, 1.165) is 22.2 Å². The van der Waals surface area contributed by atoms with Crippen molar-refractivity contribution in [1.29, 1.82) is 0 Å². The van der Waals surface area contributed by atoms with Gasteiger partial charge < -0.3 is 10.0 Å². The van der Waals surface area contributed by atoms with Crippen LogP contribution in [0.2, 0.25) is 0 Å². The fourth-order valence-electron chi connectivity index (χ4n) is 2.81. The third kappa shape index (κ3) is 2.23. The topological polar surface area (TPSA) is 57.6 Å². The van der Waals surface area contributed by atoms with Gasteiger partial charge in [0.25, 0.3) is 5.91 Å². The minimum atomic E-state index is -0.899. The number of hydrogen-bond donors (Lipinski definition) is 1. The van der Waals surface area contributed by atoms with Gasteiger partial charge in [0.1, 0.15) is 6.04 Å². The van der Waals surface area contributed by atoms with E-state index < -0.39 is 12.0 Å². The van der Waals surface area contributed by atoms with Crippen molar-refractivity contribution in [1.82, 2.24) is 4.90 Å². The molecule has 2 atom stereocenters. The summed E-state index contributed by atoms with van der Waals surface area (Å²) in [7, 11) is 0. The quantitative estimate of drug-likeness (QED) is 0.926. The number of nitrogens with zero attached hydrogens (tertiary/aromatic N) is 1. The van der Waals surface area contributed by atoms with Gasteiger partial charge >= 0.3 is 5.97 Å². The van der Waals surface area contributed by atoms with E-state index in [1.165, 1.54) is 16.2 Å². The summed E-state index contributed by atoms with van der Waals surface area (Å²) >= 11 is 3.05. The summed E-state index contributed by atoms with van der Waals surface area (Å²) in [5, 5.41) is 11.4. The normalized spacial score (nSPS) is 23.1. The molecular weight excluding hydrogens is 294 g/mol. The first-order valence-electron chi connectivity index (χ1n) is 6.58. The SMILES string of the molecule is CC1CCCN(C(=O)c2cc3sccc3s2)C1C(=O)O. The number of amides is 1. The highest BCUT2D eigenvalue weighted by molar-refractivity contribution is 7.27. The van der Waals surface area contributed by atoms with Crippen molar-refractivity contribution in [2.24, 2.45) is 5.92 Å². The van der Waals surface area contributed by atoms with Crippen LogP contribution in [0.4, 0.5) is 0 Å². The van der Waals surface area contributed by atoms with Crippen molar-refractivity contribution in [3.05, 3.63) is 22.4 Å². The van der Waals surface area contributed by atoms with Crippen molar-refractivity contribution < 1.29 is 14.7 Å². The van der Waals surface area contributed by atoms with Gasteiger partial charge in [0.2, 0.25) is 0 Å². The van der Waals surface area contributed by atoms with Gasteiger partial charge in [-0.2, -0.15) is 0 Å². The van der Waals surface area contributed by atoms with Crippen LogP contribution in [0.25, 0.3) is 9.40 Å². The van der Waals surface area contributed by atoms with E-state index in [1.807, 2.05) is 24.4 Å². The van der Waals surface area contributed by atoms with E-state index in [2.05, 4.69) is 0 Å². The number of carboxylic acids is 1. The lowest BCUT2D eigenvalue weighted by Gasteiger charge is -2.37. The van der Waals surface area contributed by atoms with Crippen LogP contribution in [-0.4, -0.2) is 34.5 Å². The van der Waals surface area contributed by atoms with E-state index in [-0.39, 0.29) is 11.8 Å². The fourth-order valence-corrected chi connectivity index (χ4v) is 4.87. The van der Waals surface area contributed by atoms with E-state index >= 15 is 0 Å². The van der Waals surface area contributed by atoms with Crippen LogP contribution in [-0.2, 0) is 4.79 Å². The van der Waals surface area contributed by atoms with Crippen LogP contribution < -0.4 is 0 Å². The Labute approximate surface area is 124 Å². The van der Waals surface area contributed by atoms with Gasteiger partial charge in [0.05, 0.1) is 4.88 Å². The molecule has 0 aromatic carbocycles. The fraction of sp³-hybridized carbons (Fsp3) is 0.429. The third-order valence-corrected chi connectivity index (χ3v) is 5.88. The molecule has 1 amide bonds. The van der Waals surface area contributed by atoms with Crippen molar-refractivity contribution in [2.45, 2.75) is 25.8 Å². The number of aliphatic carboxylic acids is 1. The molecule has 106 valence electrons. The van der Waals surface area contributed by atoms with E-state index in [1.54, 1.807) is 11.3 Å². The van der Waals surface area contributed by atoms with Crippen LogP contribution in [0.15, 0.2) is 17.5 Å². The van der Waals surface area contributed by atoms with Crippen molar-refractivity contribution >= 4 is 43.9 Å². The lowest BCUT2D eigenvalue weighted by atomic mass is 9.90. The Morgan fingerprint density at radius 3 is 2.90 bits per heavy atom. The van der Waals surface area contributed by atoms with Gasteiger partial charge in [-0.1, -0.05) is 6.92 Å². The minimum absolute atomic E-state index is 0.00581. The molecule has 1 fully saturated rings. The summed E-state index contributed by atoms with van der Waals surface area (Å²) in [4.78, 5) is 26.2. The summed E-state index contributed by atoms with van der Waals surface area (Å²) in [5.74, 6) is -1.03. The van der Waals surface area contributed by atoms with E-state index in [4.69, 9.17) is 0 Å². The molecule has 0 saturated carbocycles. The molecule has 2 aromatic heterocycles. The smallest absolute Gasteiger partial charge is 0.326 e. The standard InChI is InChI=1S/C14H15NO3S2/c1-8-3-2-5-15(12(8)14(17)18)13(16)11-7-10-9(20-11)4-6-19-10/h4,6-8,12H,2-3,5H2,1H3,(H,17,18). The number of carboxylic acid groups (broad SMARTS) is 1. The average Bonchev–Trinajstić information content (AvgIpc) is 2.97. The van der Waals surface area contributed by atoms with Crippen molar-refractivity contribution in [3.8, 4) is 0 Å².